The lowest BCUT2D eigenvalue weighted by Crippen LogP contribution is -2.14. The van der Waals surface area contributed by atoms with Crippen LogP contribution in [0.4, 0.5) is 5.69 Å². The fourth-order valence-electron chi connectivity index (χ4n) is 1.74. The molecule has 0 atom stereocenters. The third kappa shape index (κ3) is 4.69. The van der Waals surface area contributed by atoms with Crippen LogP contribution in [0, 0.1) is 6.92 Å². The zero-order valence-electron chi connectivity index (χ0n) is 11.2. The van der Waals surface area contributed by atoms with E-state index < -0.39 is 0 Å². The second-order valence-corrected chi connectivity index (χ2v) is 6.35. The van der Waals surface area contributed by atoms with Gasteiger partial charge in [0.2, 0.25) is 5.91 Å². The van der Waals surface area contributed by atoms with Gasteiger partial charge in [0.25, 0.3) is 0 Å². The molecule has 0 radical (unpaired) electrons. The molecule has 4 heteroatoms. The lowest BCUT2D eigenvalue weighted by molar-refractivity contribution is -0.113. The Labute approximate surface area is 132 Å². The molecule has 0 bridgehead atoms. The fourth-order valence-corrected chi connectivity index (χ4v) is 3.12. The summed E-state index contributed by atoms with van der Waals surface area (Å²) in [5.41, 5.74) is 3.22. The highest BCUT2D eigenvalue weighted by atomic mass is 79.9. The lowest BCUT2D eigenvalue weighted by Gasteiger charge is -2.08. The Morgan fingerprint density at radius 3 is 2.65 bits per heavy atom. The minimum atomic E-state index is 0.0236. The average molecular weight is 350 g/mol. The fraction of sp³-hybridized carbons (Fsp3) is 0.188. The summed E-state index contributed by atoms with van der Waals surface area (Å²) in [6.45, 7) is 2.02. The molecule has 0 saturated heterocycles. The molecule has 0 heterocycles. The van der Waals surface area contributed by atoms with Gasteiger partial charge in [-0.3, -0.25) is 4.79 Å². The highest BCUT2D eigenvalue weighted by Crippen LogP contribution is 2.23. The molecule has 0 aliphatic rings. The first kappa shape index (κ1) is 15.1. The number of benzene rings is 2. The first-order valence-electron chi connectivity index (χ1n) is 6.33. The minimum absolute atomic E-state index is 0.0236. The van der Waals surface area contributed by atoms with Gasteiger partial charge in [-0.2, -0.15) is 0 Å². The summed E-state index contributed by atoms with van der Waals surface area (Å²) in [7, 11) is 0. The van der Waals surface area contributed by atoms with Crippen molar-refractivity contribution in [3.8, 4) is 0 Å². The molecule has 2 aromatic rings. The van der Waals surface area contributed by atoms with Crippen LogP contribution in [0.15, 0.2) is 53.0 Å². The first-order chi connectivity index (χ1) is 9.65. The van der Waals surface area contributed by atoms with Crippen LogP contribution in [0.1, 0.15) is 11.1 Å². The van der Waals surface area contributed by atoms with E-state index in [1.54, 1.807) is 11.8 Å². The Morgan fingerprint density at radius 2 is 1.95 bits per heavy atom. The third-order valence-electron chi connectivity index (χ3n) is 2.74. The molecule has 2 nitrogen and oxygen atoms in total. The van der Waals surface area contributed by atoms with E-state index in [1.165, 1.54) is 5.56 Å². The van der Waals surface area contributed by atoms with Crippen molar-refractivity contribution < 1.29 is 4.79 Å². The van der Waals surface area contributed by atoms with Crippen LogP contribution in [-0.2, 0) is 10.5 Å². The van der Waals surface area contributed by atoms with Gasteiger partial charge in [-0.15, -0.1) is 11.8 Å². The van der Waals surface area contributed by atoms with Crippen LogP contribution < -0.4 is 5.32 Å². The topological polar surface area (TPSA) is 29.1 Å². The van der Waals surface area contributed by atoms with Crippen molar-refractivity contribution >= 4 is 39.3 Å². The van der Waals surface area contributed by atoms with Gasteiger partial charge in [0, 0.05) is 10.2 Å². The maximum atomic E-state index is 11.9. The van der Waals surface area contributed by atoms with Crippen molar-refractivity contribution in [1.29, 1.82) is 0 Å². The smallest absolute Gasteiger partial charge is 0.234 e. The Hall–Kier alpha value is -1.26. The summed E-state index contributed by atoms with van der Waals surface area (Å²) in [6.07, 6.45) is 0. The first-order valence-corrected chi connectivity index (χ1v) is 8.27. The van der Waals surface area contributed by atoms with E-state index in [0.29, 0.717) is 5.75 Å². The number of carbonyl (C=O) groups is 1. The predicted molar refractivity (Wildman–Crippen MR) is 90.1 cm³/mol. The normalized spacial score (nSPS) is 10.3. The van der Waals surface area contributed by atoms with E-state index in [0.717, 1.165) is 21.5 Å². The number of hydrogen-bond acceptors (Lipinski definition) is 2. The number of halogens is 1. The van der Waals surface area contributed by atoms with Crippen molar-refractivity contribution in [2.24, 2.45) is 0 Å². The molecule has 2 aromatic carbocycles. The molecule has 0 aliphatic heterocycles. The molecule has 0 aliphatic carbocycles. The Balaban J connectivity index is 1.81. The Morgan fingerprint density at radius 1 is 1.20 bits per heavy atom. The molecule has 1 N–H and O–H groups in total. The number of thioether (sulfide) groups is 1. The van der Waals surface area contributed by atoms with Crippen LogP contribution in [-0.4, -0.2) is 11.7 Å². The van der Waals surface area contributed by atoms with Crippen LogP contribution in [0.3, 0.4) is 0 Å². The number of aryl methyl sites for hydroxylation is 1. The van der Waals surface area contributed by atoms with Gasteiger partial charge in [0.15, 0.2) is 0 Å². The van der Waals surface area contributed by atoms with Gasteiger partial charge < -0.3 is 5.32 Å². The number of carbonyl (C=O) groups excluding carboxylic acids is 1. The monoisotopic (exact) mass is 349 g/mol. The van der Waals surface area contributed by atoms with Crippen molar-refractivity contribution in [2.45, 2.75) is 12.7 Å². The van der Waals surface area contributed by atoms with E-state index in [1.807, 2.05) is 43.3 Å². The van der Waals surface area contributed by atoms with Gasteiger partial charge in [0.1, 0.15) is 0 Å². The second kappa shape index (κ2) is 7.50. The molecule has 1 amide bonds. The van der Waals surface area contributed by atoms with E-state index in [2.05, 4.69) is 33.4 Å². The summed E-state index contributed by atoms with van der Waals surface area (Å²) >= 11 is 5.07. The maximum absolute atomic E-state index is 11.9. The van der Waals surface area contributed by atoms with Gasteiger partial charge in [-0.1, -0.05) is 36.4 Å². The number of rotatable bonds is 5. The van der Waals surface area contributed by atoms with E-state index in [-0.39, 0.29) is 5.91 Å². The van der Waals surface area contributed by atoms with E-state index in [9.17, 15) is 4.79 Å². The highest BCUT2D eigenvalue weighted by molar-refractivity contribution is 9.10. The van der Waals surface area contributed by atoms with Gasteiger partial charge in [0.05, 0.1) is 11.4 Å². The van der Waals surface area contributed by atoms with Crippen molar-refractivity contribution in [3.05, 3.63) is 64.1 Å². The van der Waals surface area contributed by atoms with Crippen molar-refractivity contribution in [3.63, 3.8) is 0 Å². The zero-order chi connectivity index (χ0) is 14.4. The Kier molecular flexibility index (Phi) is 5.68. The molecule has 2 rings (SSSR count). The maximum Gasteiger partial charge on any atom is 0.234 e. The van der Waals surface area contributed by atoms with E-state index in [4.69, 9.17) is 0 Å². The Bertz CT molecular complexity index is 586. The standard InChI is InChI=1S/C16H16BrNOS/c1-12-7-8-15(14(17)9-12)18-16(19)11-20-10-13-5-3-2-4-6-13/h2-9H,10-11H2,1H3,(H,18,19). The molecule has 104 valence electrons. The average Bonchev–Trinajstić information content (AvgIpc) is 2.43. The number of amides is 1. The number of hydrogen-bond donors (Lipinski definition) is 1. The molecule has 0 aromatic heterocycles. The van der Waals surface area contributed by atoms with Gasteiger partial charge in [-0.05, 0) is 46.1 Å². The SMILES string of the molecule is Cc1ccc(NC(=O)CSCc2ccccc2)c(Br)c1. The van der Waals surface area contributed by atoms with Crippen LogP contribution in [0.5, 0.6) is 0 Å². The van der Waals surface area contributed by atoms with E-state index >= 15 is 0 Å². The molecule has 0 fully saturated rings. The summed E-state index contributed by atoms with van der Waals surface area (Å²) < 4.78 is 0.916. The largest absolute Gasteiger partial charge is 0.324 e. The molecule has 0 saturated carbocycles. The minimum Gasteiger partial charge on any atom is -0.324 e. The second-order valence-electron chi connectivity index (χ2n) is 4.51. The summed E-state index contributed by atoms with van der Waals surface area (Å²) in [6, 6.07) is 16.1. The lowest BCUT2D eigenvalue weighted by atomic mass is 10.2. The van der Waals surface area contributed by atoms with Crippen molar-refractivity contribution in [2.75, 3.05) is 11.1 Å². The van der Waals surface area contributed by atoms with Crippen LogP contribution >= 0.6 is 27.7 Å². The van der Waals surface area contributed by atoms with Crippen molar-refractivity contribution in [1.82, 2.24) is 0 Å². The molecule has 0 unspecified atom stereocenters. The molecule has 20 heavy (non-hydrogen) atoms. The number of nitrogens with one attached hydrogen (secondary N) is 1. The number of anilines is 1. The third-order valence-corrected chi connectivity index (χ3v) is 4.40. The predicted octanol–water partition coefficient (Wildman–Crippen LogP) is 4.63. The van der Waals surface area contributed by atoms with Crippen LogP contribution in [0.25, 0.3) is 0 Å². The summed E-state index contributed by atoms with van der Waals surface area (Å²) in [4.78, 5) is 11.9. The quantitative estimate of drug-likeness (QED) is 0.852. The highest BCUT2D eigenvalue weighted by Gasteiger charge is 2.06. The van der Waals surface area contributed by atoms with Gasteiger partial charge in [-0.25, -0.2) is 0 Å². The molecule has 0 spiro atoms. The zero-order valence-corrected chi connectivity index (χ0v) is 13.6. The van der Waals surface area contributed by atoms with Gasteiger partial charge >= 0.3 is 0 Å². The van der Waals surface area contributed by atoms with Crippen LogP contribution in [0.2, 0.25) is 0 Å². The molecular weight excluding hydrogens is 334 g/mol. The summed E-state index contributed by atoms with van der Waals surface area (Å²) in [5.74, 6) is 1.33. The summed E-state index contributed by atoms with van der Waals surface area (Å²) in [5, 5.41) is 2.92. The molecular formula is C16H16BrNOS.